The largest absolute Gasteiger partial charge is 0.389 e. The smallest absolute Gasteiger partial charge is 0.223 e. The highest BCUT2D eigenvalue weighted by atomic mass is 16.3. The highest BCUT2D eigenvalue weighted by Crippen LogP contribution is 2.30. The Kier molecular flexibility index (Phi) is 5.83. The van der Waals surface area contributed by atoms with Crippen LogP contribution in [0.1, 0.15) is 57.9 Å². The van der Waals surface area contributed by atoms with Crippen LogP contribution < -0.4 is 10.6 Å². The molecule has 1 aromatic carbocycles. The van der Waals surface area contributed by atoms with E-state index in [0.717, 1.165) is 36.9 Å². The monoisotopic (exact) mass is 304 g/mol. The van der Waals surface area contributed by atoms with Crippen LogP contribution in [0.15, 0.2) is 24.3 Å². The summed E-state index contributed by atoms with van der Waals surface area (Å²) in [5.74, 6) is -0.0633. The molecule has 0 aliphatic heterocycles. The molecular formula is C18H28N2O2. The summed E-state index contributed by atoms with van der Waals surface area (Å²) in [5.41, 5.74) is 1.34. The van der Waals surface area contributed by atoms with Gasteiger partial charge in [0, 0.05) is 18.3 Å². The van der Waals surface area contributed by atoms with Gasteiger partial charge in [0.1, 0.15) is 0 Å². The molecule has 1 amide bonds. The lowest BCUT2D eigenvalue weighted by Gasteiger charge is -2.31. The van der Waals surface area contributed by atoms with Crippen LogP contribution in [0, 0.1) is 0 Å². The van der Waals surface area contributed by atoms with Crippen LogP contribution in [-0.4, -0.2) is 22.7 Å². The van der Waals surface area contributed by atoms with Gasteiger partial charge in [-0.05, 0) is 44.4 Å². The summed E-state index contributed by atoms with van der Waals surface area (Å²) < 4.78 is 0. The number of amides is 1. The second-order valence-corrected chi connectivity index (χ2v) is 6.74. The Morgan fingerprint density at radius 1 is 1.27 bits per heavy atom. The molecule has 1 aliphatic carbocycles. The van der Waals surface area contributed by atoms with E-state index in [0.29, 0.717) is 12.6 Å². The normalized spacial score (nSPS) is 17.3. The van der Waals surface area contributed by atoms with Crippen molar-refractivity contribution in [2.45, 2.75) is 70.6 Å². The van der Waals surface area contributed by atoms with Crippen LogP contribution in [0.3, 0.4) is 0 Å². The van der Waals surface area contributed by atoms with Crippen LogP contribution in [0.25, 0.3) is 0 Å². The van der Waals surface area contributed by atoms with Crippen molar-refractivity contribution in [3.63, 3.8) is 0 Å². The van der Waals surface area contributed by atoms with Gasteiger partial charge in [-0.1, -0.05) is 31.4 Å². The first kappa shape index (κ1) is 16.8. The molecule has 4 heteroatoms. The number of carbonyl (C=O) groups excluding carboxylic acids is 1. The summed E-state index contributed by atoms with van der Waals surface area (Å²) in [5, 5.41) is 16.7. The van der Waals surface area contributed by atoms with Crippen molar-refractivity contribution in [1.29, 1.82) is 0 Å². The van der Waals surface area contributed by atoms with E-state index in [1.807, 2.05) is 18.2 Å². The van der Waals surface area contributed by atoms with Crippen molar-refractivity contribution < 1.29 is 9.90 Å². The van der Waals surface area contributed by atoms with E-state index >= 15 is 0 Å². The number of hydrogen-bond acceptors (Lipinski definition) is 3. The minimum absolute atomic E-state index is 0.0633. The Morgan fingerprint density at radius 2 is 2.00 bits per heavy atom. The number of aliphatic hydroxyl groups is 1. The van der Waals surface area contributed by atoms with Crippen molar-refractivity contribution in [3.8, 4) is 0 Å². The number of rotatable bonds is 6. The zero-order valence-corrected chi connectivity index (χ0v) is 13.7. The second kappa shape index (κ2) is 7.63. The molecule has 0 heterocycles. The van der Waals surface area contributed by atoms with E-state index in [2.05, 4.69) is 30.5 Å². The third kappa shape index (κ3) is 5.34. The van der Waals surface area contributed by atoms with Crippen molar-refractivity contribution in [2.75, 3.05) is 5.32 Å². The lowest BCUT2D eigenvalue weighted by atomic mass is 9.82. The predicted molar refractivity (Wildman–Crippen MR) is 89.7 cm³/mol. The highest BCUT2D eigenvalue weighted by molar-refractivity contribution is 5.77. The number of benzene rings is 1. The molecule has 0 spiro atoms. The van der Waals surface area contributed by atoms with Crippen LogP contribution in [0.4, 0.5) is 5.69 Å². The van der Waals surface area contributed by atoms with Gasteiger partial charge in [0.05, 0.1) is 12.0 Å². The lowest BCUT2D eigenvalue weighted by Crippen LogP contribution is -2.38. The predicted octanol–water partition coefficient (Wildman–Crippen LogP) is 3.21. The molecule has 1 aliphatic rings. The molecule has 0 aromatic heterocycles. The van der Waals surface area contributed by atoms with Crippen molar-refractivity contribution in [2.24, 2.45) is 0 Å². The Balaban J connectivity index is 1.83. The molecule has 0 atom stereocenters. The maximum Gasteiger partial charge on any atom is 0.223 e. The fraction of sp³-hybridized carbons (Fsp3) is 0.611. The van der Waals surface area contributed by atoms with E-state index < -0.39 is 5.60 Å². The van der Waals surface area contributed by atoms with Gasteiger partial charge in [0.2, 0.25) is 5.91 Å². The molecule has 122 valence electrons. The van der Waals surface area contributed by atoms with Crippen LogP contribution >= 0.6 is 0 Å². The van der Waals surface area contributed by atoms with Gasteiger partial charge in [0.25, 0.3) is 0 Å². The zero-order valence-electron chi connectivity index (χ0n) is 13.7. The maximum absolute atomic E-state index is 12.1. The van der Waals surface area contributed by atoms with Gasteiger partial charge in [-0.3, -0.25) is 4.79 Å². The summed E-state index contributed by atoms with van der Waals surface area (Å²) in [6.45, 7) is 4.70. The van der Waals surface area contributed by atoms with E-state index in [1.165, 1.54) is 6.42 Å². The van der Waals surface area contributed by atoms with Crippen molar-refractivity contribution in [1.82, 2.24) is 5.32 Å². The molecule has 1 saturated carbocycles. The van der Waals surface area contributed by atoms with Crippen molar-refractivity contribution >= 4 is 11.6 Å². The van der Waals surface area contributed by atoms with Gasteiger partial charge < -0.3 is 15.7 Å². The highest BCUT2D eigenvalue weighted by Gasteiger charge is 2.31. The fourth-order valence-electron chi connectivity index (χ4n) is 3.05. The van der Waals surface area contributed by atoms with E-state index in [9.17, 15) is 9.90 Å². The molecule has 3 N–H and O–H groups in total. The average Bonchev–Trinajstić information content (AvgIpc) is 2.45. The fourth-order valence-corrected chi connectivity index (χ4v) is 3.05. The number of anilines is 1. The molecule has 1 aromatic rings. The quantitative estimate of drug-likeness (QED) is 0.756. The topological polar surface area (TPSA) is 61.4 Å². The lowest BCUT2D eigenvalue weighted by molar-refractivity contribution is -0.127. The van der Waals surface area contributed by atoms with Crippen LogP contribution in [0.5, 0.6) is 0 Å². The number of nitrogens with one attached hydrogen (secondary N) is 2. The zero-order chi connectivity index (χ0) is 16.0. The molecule has 0 radical (unpaired) electrons. The first-order chi connectivity index (χ1) is 10.5. The molecule has 0 unspecified atom stereocenters. The van der Waals surface area contributed by atoms with Crippen LogP contribution in [-0.2, 0) is 11.3 Å². The molecule has 0 saturated heterocycles. The standard InChI is InChI=1S/C18H28N2O2/c1-14(2)20-16-8-6-7-15(11-16)13-19-17(21)12-18(22)9-4-3-5-10-18/h6-8,11,14,20,22H,3-5,9-10,12-13H2,1-2H3,(H,19,21). The third-order valence-corrected chi connectivity index (χ3v) is 4.15. The first-order valence-electron chi connectivity index (χ1n) is 8.31. The van der Waals surface area contributed by atoms with Gasteiger partial charge in [0.15, 0.2) is 0 Å². The Hall–Kier alpha value is -1.55. The first-order valence-corrected chi connectivity index (χ1v) is 8.31. The molecule has 4 nitrogen and oxygen atoms in total. The molecule has 0 bridgehead atoms. The molecule has 2 rings (SSSR count). The summed E-state index contributed by atoms with van der Waals surface area (Å²) in [6, 6.07) is 8.44. The summed E-state index contributed by atoms with van der Waals surface area (Å²) in [4.78, 5) is 12.1. The Morgan fingerprint density at radius 3 is 2.68 bits per heavy atom. The van der Waals surface area contributed by atoms with E-state index in [-0.39, 0.29) is 12.3 Å². The maximum atomic E-state index is 12.1. The number of carbonyl (C=O) groups is 1. The Bertz CT molecular complexity index is 494. The minimum atomic E-state index is -0.788. The SMILES string of the molecule is CC(C)Nc1cccc(CNC(=O)CC2(O)CCCCC2)c1. The van der Waals surface area contributed by atoms with Gasteiger partial charge in [-0.2, -0.15) is 0 Å². The average molecular weight is 304 g/mol. The van der Waals surface area contributed by atoms with Gasteiger partial charge in [-0.25, -0.2) is 0 Å². The molecule has 1 fully saturated rings. The second-order valence-electron chi connectivity index (χ2n) is 6.74. The van der Waals surface area contributed by atoms with Crippen molar-refractivity contribution in [3.05, 3.63) is 29.8 Å². The summed E-state index contributed by atoms with van der Waals surface area (Å²) in [6.07, 6.45) is 4.92. The Labute approximate surface area is 133 Å². The van der Waals surface area contributed by atoms with Crippen LogP contribution in [0.2, 0.25) is 0 Å². The minimum Gasteiger partial charge on any atom is -0.389 e. The number of hydrogen-bond donors (Lipinski definition) is 3. The summed E-state index contributed by atoms with van der Waals surface area (Å²) in [7, 11) is 0. The molecule has 22 heavy (non-hydrogen) atoms. The summed E-state index contributed by atoms with van der Waals surface area (Å²) >= 11 is 0. The van der Waals surface area contributed by atoms with Gasteiger partial charge in [-0.15, -0.1) is 0 Å². The van der Waals surface area contributed by atoms with Gasteiger partial charge >= 0.3 is 0 Å². The molecular weight excluding hydrogens is 276 g/mol. The van der Waals surface area contributed by atoms with E-state index in [1.54, 1.807) is 0 Å². The van der Waals surface area contributed by atoms with E-state index in [4.69, 9.17) is 0 Å². The third-order valence-electron chi connectivity index (χ3n) is 4.15.